The van der Waals surface area contributed by atoms with Gasteiger partial charge in [-0.25, -0.2) is 0 Å². The van der Waals surface area contributed by atoms with Crippen LogP contribution in [-0.4, -0.2) is 35.0 Å². The summed E-state index contributed by atoms with van der Waals surface area (Å²) in [4.78, 5) is 0. The summed E-state index contributed by atoms with van der Waals surface area (Å²) in [7, 11) is 0. The fourth-order valence-corrected chi connectivity index (χ4v) is 1.29. The van der Waals surface area contributed by atoms with Gasteiger partial charge in [-0.2, -0.15) is 0 Å². The first kappa shape index (κ1) is 13.9. The molecule has 0 heterocycles. The van der Waals surface area contributed by atoms with Crippen molar-refractivity contribution in [2.45, 2.75) is 52.2 Å². The second-order valence-corrected chi connectivity index (χ2v) is 4.59. The van der Waals surface area contributed by atoms with Crippen LogP contribution in [0.1, 0.15) is 40.5 Å². The Balaban J connectivity index is 3.93. The van der Waals surface area contributed by atoms with E-state index in [-0.39, 0.29) is 12.6 Å². The van der Waals surface area contributed by atoms with Crippen molar-refractivity contribution in [3.63, 3.8) is 0 Å². The van der Waals surface area contributed by atoms with E-state index in [1.807, 2.05) is 13.8 Å². The van der Waals surface area contributed by atoms with E-state index >= 15 is 0 Å². The number of aliphatic hydroxyl groups is 2. The summed E-state index contributed by atoms with van der Waals surface area (Å²) in [5.41, 5.74) is -0.636. The summed E-state index contributed by atoms with van der Waals surface area (Å²) in [6.45, 7) is 8.83. The van der Waals surface area contributed by atoms with E-state index in [4.69, 9.17) is 5.11 Å². The SMILES string of the molecule is CCC(C)(O)CNC(CCO)C(C)C. The number of hydrogen-bond donors (Lipinski definition) is 3. The average Bonchev–Trinajstić information content (AvgIpc) is 2.12. The van der Waals surface area contributed by atoms with Gasteiger partial charge >= 0.3 is 0 Å². The van der Waals surface area contributed by atoms with Crippen LogP contribution in [0, 0.1) is 5.92 Å². The van der Waals surface area contributed by atoms with Gasteiger partial charge in [0.2, 0.25) is 0 Å². The predicted octanol–water partition coefficient (Wildman–Crippen LogP) is 1.14. The molecule has 14 heavy (non-hydrogen) atoms. The Bertz CT molecular complexity index is 146. The molecule has 0 bridgehead atoms. The third kappa shape index (κ3) is 5.58. The predicted molar refractivity (Wildman–Crippen MR) is 59.2 cm³/mol. The smallest absolute Gasteiger partial charge is 0.0741 e. The fraction of sp³-hybridized carbons (Fsp3) is 1.00. The molecule has 3 N–H and O–H groups in total. The molecule has 0 aromatic carbocycles. The van der Waals surface area contributed by atoms with Crippen LogP contribution in [0.2, 0.25) is 0 Å². The molecule has 0 aromatic heterocycles. The first-order valence-electron chi connectivity index (χ1n) is 5.49. The molecule has 2 atom stereocenters. The highest BCUT2D eigenvalue weighted by Gasteiger charge is 2.20. The Morgan fingerprint density at radius 1 is 1.36 bits per heavy atom. The lowest BCUT2D eigenvalue weighted by Crippen LogP contribution is -2.44. The van der Waals surface area contributed by atoms with E-state index in [1.165, 1.54) is 0 Å². The maximum atomic E-state index is 9.80. The van der Waals surface area contributed by atoms with E-state index in [0.717, 1.165) is 12.8 Å². The molecular formula is C11H25NO2. The van der Waals surface area contributed by atoms with Gasteiger partial charge < -0.3 is 15.5 Å². The minimum Gasteiger partial charge on any atom is -0.396 e. The Morgan fingerprint density at radius 2 is 1.93 bits per heavy atom. The molecule has 86 valence electrons. The zero-order valence-electron chi connectivity index (χ0n) is 9.88. The van der Waals surface area contributed by atoms with Crippen LogP contribution < -0.4 is 5.32 Å². The molecule has 0 aliphatic rings. The van der Waals surface area contributed by atoms with Crippen LogP contribution in [0.4, 0.5) is 0 Å². The molecule has 0 aliphatic carbocycles. The van der Waals surface area contributed by atoms with Crippen LogP contribution in [0.25, 0.3) is 0 Å². The summed E-state index contributed by atoms with van der Waals surface area (Å²) in [5.74, 6) is 0.481. The first-order chi connectivity index (χ1) is 6.43. The van der Waals surface area contributed by atoms with Crippen molar-refractivity contribution >= 4 is 0 Å². The monoisotopic (exact) mass is 203 g/mol. The molecule has 0 amide bonds. The zero-order chi connectivity index (χ0) is 11.2. The summed E-state index contributed by atoms with van der Waals surface area (Å²) < 4.78 is 0. The maximum Gasteiger partial charge on any atom is 0.0741 e. The summed E-state index contributed by atoms with van der Waals surface area (Å²) in [6, 6.07) is 0.290. The maximum absolute atomic E-state index is 9.80. The van der Waals surface area contributed by atoms with Gasteiger partial charge in [0.05, 0.1) is 5.60 Å². The van der Waals surface area contributed by atoms with Crippen molar-refractivity contribution in [2.75, 3.05) is 13.2 Å². The molecule has 0 aromatic rings. The van der Waals surface area contributed by atoms with Gasteiger partial charge in [0.15, 0.2) is 0 Å². The van der Waals surface area contributed by atoms with E-state index in [9.17, 15) is 5.11 Å². The second kappa shape index (κ2) is 6.38. The van der Waals surface area contributed by atoms with Crippen molar-refractivity contribution in [2.24, 2.45) is 5.92 Å². The molecule has 3 heteroatoms. The normalized spacial score (nSPS) is 18.2. The van der Waals surface area contributed by atoms with E-state index < -0.39 is 5.60 Å². The van der Waals surface area contributed by atoms with Crippen LogP contribution >= 0.6 is 0 Å². The first-order valence-corrected chi connectivity index (χ1v) is 5.49. The number of nitrogens with one attached hydrogen (secondary N) is 1. The lowest BCUT2D eigenvalue weighted by atomic mass is 9.98. The summed E-state index contributed by atoms with van der Waals surface area (Å²) in [6.07, 6.45) is 1.49. The van der Waals surface area contributed by atoms with Crippen LogP contribution in [0.5, 0.6) is 0 Å². The van der Waals surface area contributed by atoms with Crippen LogP contribution in [0.15, 0.2) is 0 Å². The summed E-state index contributed by atoms with van der Waals surface area (Å²) >= 11 is 0. The molecule has 2 unspecified atom stereocenters. The second-order valence-electron chi connectivity index (χ2n) is 4.59. The van der Waals surface area contributed by atoms with Crippen molar-refractivity contribution in [1.29, 1.82) is 0 Å². The van der Waals surface area contributed by atoms with Crippen molar-refractivity contribution in [3.05, 3.63) is 0 Å². The van der Waals surface area contributed by atoms with Gasteiger partial charge in [0.1, 0.15) is 0 Å². The Labute approximate surface area is 87.5 Å². The van der Waals surface area contributed by atoms with Crippen molar-refractivity contribution < 1.29 is 10.2 Å². The molecule has 0 rings (SSSR count). The number of hydrogen-bond acceptors (Lipinski definition) is 3. The van der Waals surface area contributed by atoms with Gasteiger partial charge in [0, 0.05) is 19.2 Å². The topological polar surface area (TPSA) is 52.5 Å². The highest BCUT2D eigenvalue weighted by atomic mass is 16.3. The molecule has 0 aliphatic heterocycles. The highest BCUT2D eigenvalue weighted by Crippen LogP contribution is 2.10. The minimum atomic E-state index is -0.636. The zero-order valence-corrected chi connectivity index (χ0v) is 9.88. The van der Waals surface area contributed by atoms with E-state index in [2.05, 4.69) is 19.2 Å². The molecule has 0 fully saturated rings. The largest absolute Gasteiger partial charge is 0.396 e. The lowest BCUT2D eigenvalue weighted by molar-refractivity contribution is 0.0496. The van der Waals surface area contributed by atoms with E-state index in [1.54, 1.807) is 0 Å². The van der Waals surface area contributed by atoms with Gasteiger partial charge in [-0.15, -0.1) is 0 Å². The molecule has 3 nitrogen and oxygen atoms in total. The van der Waals surface area contributed by atoms with Crippen LogP contribution in [0.3, 0.4) is 0 Å². The van der Waals surface area contributed by atoms with Gasteiger partial charge in [-0.05, 0) is 25.7 Å². The average molecular weight is 203 g/mol. The fourth-order valence-electron chi connectivity index (χ4n) is 1.29. The quantitative estimate of drug-likeness (QED) is 0.581. The molecular weight excluding hydrogens is 178 g/mol. The molecule has 0 spiro atoms. The molecule has 0 saturated carbocycles. The van der Waals surface area contributed by atoms with Gasteiger partial charge in [-0.1, -0.05) is 20.8 Å². The Kier molecular flexibility index (Phi) is 6.33. The standard InChI is InChI=1S/C11H25NO2/c1-5-11(4,14)8-12-10(6-7-13)9(2)3/h9-10,12-14H,5-8H2,1-4H3. The lowest BCUT2D eigenvalue weighted by Gasteiger charge is -2.28. The van der Waals surface area contributed by atoms with E-state index in [0.29, 0.717) is 12.5 Å². The Hall–Kier alpha value is -0.120. The van der Waals surface area contributed by atoms with Crippen LogP contribution in [-0.2, 0) is 0 Å². The number of rotatable bonds is 7. The molecule has 0 radical (unpaired) electrons. The van der Waals surface area contributed by atoms with Crippen molar-refractivity contribution in [1.82, 2.24) is 5.32 Å². The van der Waals surface area contributed by atoms with Crippen molar-refractivity contribution in [3.8, 4) is 0 Å². The molecule has 0 saturated heterocycles. The van der Waals surface area contributed by atoms with Gasteiger partial charge in [0.25, 0.3) is 0 Å². The third-order valence-electron chi connectivity index (χ3n) is 2.75. The Morgan fingerprint density at radius 3 is 2.29 bits per heavy atom. The summed E-state index contributed by atoms with van der Waals surface area (Å²) in [5, 5.41) is 22.0. The van der Waals surface area contributed by atoms with Gasteiger partial charge in [-0.3, -0.25) is 0 Å². The highest BCUT2D eigenvalue weighted by molar-refractivity contribution is 4.78. The number of aliphatic hydroxyl groups excluding tert-OH is 1. The third-order valence-corrected chi connectivity index (χ3v) is 2.75. The minimum absolute atomic E-state index is 0.199.